The molecule has 0 amide bonds. The fraction of sp³-hybridized carbons (Fsp3) is 0.333. The van der Waals surface area contributed by atoms with Gasteiger partial charge < -0.3 is 15.0 Å². The van der Waals surface area contributed by atoms with Crippen LogP contribution in [0.15, 0.2) is 54.7 Å². The second kappa shape index (κ2) is 10.5. The standard InChI is InChI=1S/C27H30FN3O2/c1-3-33-26(32)14-12-20-11-13-23(17-24(20)28)30-18-22-10-9-21-7-6-16-31(27(21)19(22)2)25-8-4-5-15-29-25/h4-5,8-11,13,15,17,30H,3,6-7,12,14,16,18H2,1-2H3. The topological polar surface area (TPSA) is 54.5 Å². The van der Waals surface area contributed by atoms with Gasteiger partial charge in [-0.05, 0) is 79.6 Å². The normalized spacial score (nSPS) is 12.9. The maximum Gasteiger partial charge on any atom is 0.306 e. The number of pyridine rings is 1. The molecular weight excluding hydrogens is 417 g/mol. The van der Waals surface area contributed by atoms with E-state index in [0.717, 1.165) is 25.2 Å². The molecule has 1 aliphatic rings. The van der Waals surface area contributed by atoms with Gasteiger partial charge in [0.1, 0.15) is 11.6 Å². The number of nitrogens with zero attached hydrogens (tertiary/aromatic N) is 2. The first-order valence-corrected chi connectivity index (χ1v) is 11.5. The van der Waals surface area contributed by atoms with Crippen LogP contribution >= 0.6 is 0 Å². The number of fused-ring (bicyclic) bond motifs is 1. The first kappa shape index (κ1) is 22.8. The summed E-state index contributed by atoms with van der Waals surface area (Å²) >= 11 is 0. The van der Waals surface area contributed by atoms with Crippen molar-refractivity contribution < 1.29 is 13.9 Å². The molecule has 0 saturated heterocycles. The highest BCUT2D eigenvalue weighted by Crippen LogP contribution is 2.37. The maximum atomic E-state index is 14.5. The van der Waals surface area contributed by atoms with Gasteiger partial charge in [-0.25, -0.2) is 9.37 Å². The summed E-state index contributed by atoms with van der Waals surface area (Å²) in [4.78, 5) is 18.4. The number of ether oxygens (including phenoxy) is 1. The van der Waals surface area contributed by atoms with Crippen LogP contribution in [0.3, 0.4) is 0 Å². The highest BCUT2D eigenvalue weighted by atomic mass is 19.1. The van der Waals surface area contributed by atoms with Gasteiger partial charge in [-0.2, -0.15) is 0 Å². The Labute approximate surface area is 194 Å². The van der Waals surface area contributed by atoms with Gasteiger partial charge in [0.25, 0.3) is 0 Å². The van der Waals surface area contributed by atoms with Gasteiger partial charge in [0.15, 0.2) is 0 Å². The number of carbonyl (C=O) groups is 1. The minimum absolute atomic E-state index is 0.179. The molecule has 2 heterocycles. The number of esters is 1. The van der Waals surface area contributed by atoms with Crippen LogP contribution in [-0.4, -0.2) is 24.1 Å². The summed E-state index contributed by atoms with van der Waals surface area (Å²) < 4.78 is 19.5. The second-order valence-corrected chi connectivity index (χ2v) is 8.27. The van der Waals surface area contributed by atoms with E-state index in [0.29, 0.717) is 30.8 Å². The number of aryl methyl sites for hydroxylation is 2. The summed E-state index contributed by atoms with van der Waals surface area (Å²) in [5, 5.41) is 3.35. The Morgan fingerprint density at radius 3 is 2.79 bits per heavy atom. The highest BCUT2D eigenvalue weighted by molar-refractivity contribution is 5.71. The van der Waals surface area contributed by atoms with Crippen molar-refractivity contribution in [3.8, 4) is 0 Å². The minimum Gasteiger partial charge on any atom is -0.466 e. The SMILES string of the molecule is CCOC(=O)CCc1ccc(NCc2ccc3c(c2C)N(c2ccccn2)CCC3)cc1F. The molecule has 5 nitrogen and oxygen atoms in total. The average molecular weight is 448 g/mol. The van der Waals surface area contributed by atoms with Crippen LogP contribution in [0.1, 0.15) is 42.0 Å². The van der Waals surface area contributed by atoms with Crippen molar-refractivity contribution in [1.29, 1.82) is 0 Å². The van der Waals surface area contributed by atoms with Crippen LogP contribution < -0.4 is 10.2 Å². The van der Waals surface area contributed by atoms with Gasteiger partial charge in [0.05, 0.1) is 6.61 Å². The van der Waals surface area contributed by atoms with Gasteiger partial charge in [-0.3, -0.25) is 4.79 Å². The molecule has 0 bridgehead atoms. The summed E-state index contributed by atoms with van der Waals surface area (Å²) in [5.74, 6) is 0.349. The fourth-order valence-corrected chi connectivity index (χ4v) is 4.38. The predicted octanol–water partition coefficient (Wildman–Crippen LogP) is 5.72. The van der Waals surface area contributed by atoms with E-state index in [1.54, 1.807) is 13.0 Å². The van der Waals surface area contributed by atoms with Crippen molar-refractivity contribution in [2.75, 3.05) is 23.4 Å². The Kier molecular flexibility index (Phi) is 7.23. The molecule has 1 N–H and O–H groups in total. The number of anilines is 3. The monoisotopic (exact) mass is 447 g/mol. The van der Waals surface area contributed by atoms with Gasteiger partial charge in [0.2, 0.25) is 0 Å². The summed E-state index contributed by atoms with van der Waals surface area (Å²) in [6.07, 6.45) is 4.50. The molecule has 1 aromatic heterocycles. The lowest BCUT2D eigenvalue weighted by Crippen LogP contribution is -2.26. The lowest BCUT2D eigenvalue weighted by atomic mass is 9.94. The molecule has 172 valence electrons. The van der Waals surface area contributed by atoms with Gasteiger partial charge in [0, 0.05) is 37.1 Å². The first-order valence-electron chi connectivity index (χ1n) is 11.5. The summed E-state index contributed by atoms with van der Waals surface area (Å²) in [6, 6.07) is 15.4. The summed E-state index contributed by atoms with van der Waals surface area (Å²) in [5.41, 5.74) is 6.20. The average Bonchev–Trinajstić information content (AvgIpc) is 2.83. The number of halogens is 1. The van der Waals surface area contributed by atoms with Crippen molar-refractivity contribution in [2.45, 2.75) is 46.1 Å². The minimum atomic E-state index is -0.312. The van der Waals surface area contributed by atoms with Crippen molar-refractivity contribution >= 4 is 23.2 Å². The van der Waals surface area contributed by atoms with Crippen LogP contribution in [0.5, 0.6) is 0 Å². The number of benzene rings is 2. The molecule has 4 rings (SSSR count). The third kappa shape index (κ3) is 5.33. The quantitative estimate of drug-likeness (QED) is 0.448. The van der Waals surface area contributed by atoms with Crippen molar-refractivity contribution in [2.24, 2.45) is 0 Å². The van der Waals surface area contributed by atoms with Gasteiger partial charge in [-0.15, -0.1) is 0 Å². The van der Waals surface area contributed by atoms with E-state index >= 15 is 0 Å². The van der Waals surface area contributed by atoms with Gasteiger partial charge >= 0.3 is 5.97 Å². The zero-order valence-electron chi connectivity index (χ0n) is 19.2. The number of hydrogen-bond acceptors (Lipinski definition) is 5. The maximum absolute atomic E-state index is 14.5. The molecule has 33 heavy (non-hydrogen) atoms. The lowest BCUT2D eigenvalue weighted by Gasteiger charge is -2.33. The molecule has 0 atom stereocenters. The summed E-state index contributed by atoms with van der Waals surface area (Å²) in [6.45, 7) is 5.79. The van der Waals surface area contributed by atoms with E-state index in [1.807, 2.05) is 30.5 Å². The molecule has 3 aromatic rings. The van der Waals surface area contributed by atoms with E-state index in [-0.39, 0.29) is 18.2 Å². The molecule has 0 radical (unpaired) electrons. The molecule has 0 fully saturated rings. The third-order valence-electron chi connectivity index (χ3n) is 6.09. The Balaban J connectivity index is 1.47. The van der Waals surface area contributed by atoms with Crippen LogP contribution in [0.25, 0.3) is 0 Å². The number of aromatic nitrogens is 1. The van der Waals surface area contributed by atoms with E-state index in [9.17, 15) is 9.18 Å². The van der Waals surface area contributed by atoms with E-state index in [1.165, 1.54) is 28.4 Å². The van der Waals surface area contributed by atoms with Crippen LogP contribution in [0.2, 0.25) is 0 Å². The largest absolute Gasteiger partial charge is 0.466 e. The van der Waals surface area contributed by atoms with Crippen LogP contribution in [-0.2, 0) is 28.9 Å². The molecule has 0 spiro atoms. The Hall–Kier alpha value is -3.41. The number of carbonyl (C=O) groups excluding carboxylic acids is 1. The van der Waals surface area contributed by atoms with Crippen molar-refractivity contribution in [1.82, 2.24) is 4.98 Å². The smallest absolute Gasteiger partial charge is 0.306 e. The zero-order valence-corrected chi connectivity index (χ0v) is 19.2. The molecule has 0 aliphatic carbocycles. The van der Waals surface area contributed by atoms with E-state index in [4.69, 9.17) is 4.74 Å². The van der Waals surface area contributed by atoms with Crippen molar-refractivity contribution in [3.05, 3.63) is 82.8 Å². The molecule has 0 unspecified atom stereocenters. The molecule has 1 aliphatic heterocycles. The van der Waals surface area contributed by atoms with Crippen LogP contribution in [0, 0.1) is 12.7 Å². The lowest BCUT2D eigenvalue weighted by molar-refractivity contribution is -0.143. The first-order chi connectivity index (χ1) is 16.1. The van der Waals surface area contributed by atoms with Crippen molar-refractivity contribution in [3.63, 3.8) is 0 Å². The highest BCUT2D eigenvalue weighted by Gasteiger charge is 2.22. The molecule has 6 heteroatoms. The summed E-state index contributed by atoms with van der Waals surface area (Å²) in [7, 11) is 0. The third-order valence-corrected chi connectivity index (χ3v) is 6.09. The van der Waals surface area contributed by atoms with E-state index in [2.05, 4.69) is 34.3 Å². The fourth-order valence-electron chi connectivity index (χ4n) is 4.38. The number of nitrogens with one attached hydrogen (secondary N) is 1. The van der Waals surface area contributed by atoms with E-state index < -0.39 is 0 Å². The second-order valence-electron chi connectivity index (χ2n) is 8.27. The van der Waals surface area contributed by atoms with Crippen LogP contribution in [0.4, 0.5) is 21.6 Å². The predicted molar refractivity (Wildman–Crippen MR) is 129 cm³/mol. The zero-order chi connectivity index (χ0) is 23.2. The molecular formula is C27H30FN3O2. The number of rotatable bonds is 8. The molecule has 2 aromatic carbocycles. The Morgan fingerprint density at radius 2 is 2.03 bits per heavy atom. The number of hydrogen-bond donors (Lipinski definition) is 1. The Bertz CT molecular complexity index is 1120. The Morgan fingerprint density at radius 1 is 1.18 bits per heavy atom. The molecule has 0 saturated carbocycles. The van der Waals surface area contributed by atoms with Gasteiger partial charge in [-0.1, -0.05) is 24.3 Å².